The van der Waals surface area contributed by atoms with E-state index in [9.17, 15) is 9.59 Å². The molecule has 4 atom stereocenters. The first-order valence-corrected chi connectivity index (χ1v) is 10.8. The van der Waals surface area contributed by atoms with E-state index in [1.807, 2.05) is 6.20 Å². The Balaban J connectivity index is 1.18. The van der Waals surface area contributed by atoms with Crippen LogP contribution < -0.4 is 10.6 Å². The highest BCUT2D eigenvalue weighted by molar-refractivity contribution is 7.11. The summed E-state index contributed by atoms with van der Waals surface area (Å²) in [6, 6.07) is 0. The van der Waals surface area contributed by atoms with Gasteiger partial charge in [0.15, 0.2) is 5.96 Å². The van der Waals surface area contributed by atoms with Gasteiger partial charge < -0.3 is 10.6 Å². The number of aromatic nitrogens is 1. The van der Waals surface area contributed by atoms with Gasteiger partial charge in [-0.3, -0.25) is 19.5 Å². The molecule has 1 saturated carbocycles. The van der Waals surface area contributed by atoms with Crippen LogP contribution in [0.1, 0.15) is 22.7 Å². The molecule has 150 valence electrons. The number of hydrogen-bond acceptors (Lipinski definition) is 5. The molecule has 4 unspecified atom stereocenters. The van der Waals surface area contributed by atoms with E-state index in [2.05, 4.69) is 39.7 Å². The molecule has 1 aliphatic heterocycles. The SMILES string of the molecule is CN=C(NCCCN1C(=O)C2C3C=CC(C3)C2C1=O)NCCc1ncc(C)s1. The molecule has 0 radical (unpaired) electrons. The quantitative estimate of drug-likeness (QED) is 0.237. The highest BCUT2D eigenvalue weighted by Crippen LogP contribution is 2.52. The summed E-state index contributed by atoms with van der Waals surface area (Å²) >= 11 is 1.71. The van der Waals surface area contributed by atoms with E-state index >= 15 is 0 Å². The number of imide groups is 1. The summed E-state index contributed by atoms with van der Waals surface area (Å²) in [6.07, 6.45) is 8.70. The van der Waals surface area contributed by atoms with Gasteiger partial charge in [-0.2, -0.15) is 0 Å². The number of nitrogens with zero attached hydrogens (tertiary/aromatic N) is 3. The largest absolute Gasteiger partial charge is 0.356 e. The van der Waals surface area contributed by atoms with Crippen molar-refractivity contribution < 1.29 is 9.59 Å². The normalized spacial score (nSPS) is 28.4. The third kappa shape index (κ3) is 3.57. The van der Waals surface area contributed by atoms with E-state index in [4.69, 9.17) is 0 Å². The van der Waals surface area contributed by atoms with Gasteiger partial charge in [-0.1, -0.05) is 12.2 Å². The number of rotatable bonds is 7. The number of hydrogen-bond donors (Lipinski definition) is 2. The maximum absolute atomic E-state index is 12.7. The lowest BCUT2D eigenvalue weighted by Crippen LogP contribution is -2.40. The zero-order chi connectivity index (χ0) is 19.7. The van der Waals surface area contributed by atoms with Crippen LogP contribution in [0.15, 0.2) is 23.3 Å². The number of amides is 2. The standard InChI is InChI=1S/C20H27N5O2S/c1-12-11-24-15(28-12)6-8-23-20(21-2)22-7-3-9-25-18(26)16-13-4-5-14(10-13)17(16)19(25)27/h4-5,11,13-14,16-17H,3,6-10H2,1-2H3,(H2,21,22,23). The number of likely N-dealkylation sites (tertiary alicyclic amines) is 1. The highest BCUT2D eigenvalue weighted by Gasteiger charge is 2.58. The number of thiazole rings is 1. The number of carbonyl (C=O) groups is 2. The lowest BCUT2D eigenvalue weighted by atomic mass is 9.85. The Hall–Kier alpha value is -2.22. The predicted molar refractivity (Wildman–Crippen MR) is 109 cm³/mol. The molecule has 2 amide bonds. The van der Waals surface area contributed by atoms with E-state index in [1.165, 1.54) is 9.78 Å². The minimum atomic E-state index is -0.0978. The second-order valence-corrected chi connectivity index (χ2v) is 9.04. The van der Waals surface area contributed by atoms with E-state index in [0.717, 1.165) is 30.4 Å². The van der Waals surface area contributed by atoms with E-state index in [-0.39, 0.29) is 35.5 Å². The van der Waals surface area contributed by atoms with Crippen LogP contribution >= 0.6 is 11.3 Å². The predicted octanol–water partition coefficient (Wildman–Crippen LogP) is 1.36. The Morgan fingerprint density at radius 1 is 1.21 bits per heavy atom. The Morgan fingerprint density at radius 2 is 1.89 bits per heavy atom. The first kappa shape index (κ1) is 19.1. The van der Waals surface area contributed by atoms with Gasteiger partial charge in [-0.05, 0) is 31.6 Å². The summed E-state index contributed by atoms with van der Waals surface area (Å²) < 4.78 is 0. The number of aliphatic imine (C=N–C) groups is 1. The Labute approximate surface area is 169 Å². The number of fused-ring (bicyclic) bond motifs is 5. The summed E-state index contributed by atoms with van der Waals surface area (Å²) in [5.41, 5.74) is 0. The fraction of sp³-hybridized carbons (Fsp3) is 0.600. The Morgan fingerprint density at radius 3 is 2.50 bits per heavy atom. The van der Waals surface area contributed by atoms with Gasteiger partial charge in [0.25, 0.3) is 0 Å². The van der Waals surface area contributed by atoms with Crippen LogP contribution in [0.4, 0.5) is 0 Å². The molecule has 2 fully saturated rings. The van der Waals surface area contributed by atoms with Gasteiger partial charge in [0, 0.05) is 44.2 Å². The molecule has 2 bridgehead atoms. The minimum Gasteiger partial charge on any atom is -0.356 e. The average molecular weight is 402 g/mol. The average Bonchev–Trinajstić information content (AvgIpc) is 3.44. The molecule has 1 aromatic heterocycles. The zero-order valence-electron chi connectivity index (χ0n) is 16.4. The van der Waals surface area contributed by atoms with Gasteiger partial charge >= 0.3 is 0 Å². The first-order chi connectivity index (χ1) is 13.6. The summed E-state index contributed by atoms with van der Waals surface area (Å²) in [6.45, 7) is 3.95. The lowest BCUT2D eigenvalue weighted by molar-refractivity contribution is -0.140. The molecule has 2 aliphatic carbocycles. The van der Waals surface area contributed by atoms with Crippen LogP contribution in [-0.2, 0) is 16.0 Å². The van der Waals surface area contributed by atoms with Crippen LogP contribution in [0, 0.1) is 30.6 Å². The van der Waals surface area contributed by atoms with Crippen molar-refractivity contribution in [3.05, 3.63) is 28.2 Å². The zero-order valence-corrected chi connectivity index (χ0v) is 17.2. The van der Waals surface area contributed by atoms with Crippen LogP contribution in [0.2, 0.25) is 0 Å². The molecule has 28 heavy (non-hydrogen) atoms. The molecule has 4 rings (SSSR count). The molecule has 8 heteroatoms. The molecule has 2 heterocycles. The fourth-order valence-corrected chi connectivity index (χ4v) is 5.44. The third-order valence-electron chi connectivity index (χ3n) is 5.94. The summed E-state index contributed by atoms with van der Waals surface area (Å²) in [4.78, 5) is 36.6. The highest BCUT2D eigenvalue weighted by atomic mass is 32.1. The minimum absolute atomic E-state index is 0.0353. The van der Waals surface area contributed by atoms with Gasteiger partial charge in [-0.25, -0.2) is 4.98 Å². The molecule has 3 aliphatic rings. The second kappa shape index (κ2) is 8.03. The Bertz CT molecular complexity index is 787. The fourth-order valence-electron chi connectivity index (χ4n) is 4.65. The summed E-state index contributed by atoms with van der Waals surface area (Å²) in [7, 11) is 1.74. The topological polar surface area (TPSA) is 86.7 Å². The van der Waals surface area contributed by atoms with Crippen molar-refractivity contribution in [3.63, 3.8) is 0 Å². The molecule has 1 saturated heterocycles. The van der Waals surface area contributed by atoms with Crippen molar-refractivity contribution in [2.24, 2.45) is 28.7 Å². The van der Waals surface area contributed by atoms with Crippen molar-refractivity contribution in [1.82, 2.24) is 20.5 Å². The Kier molecular flexibility index (Phi) is 5.48. The molecule has 0 spiro atoms. The molecule has 1 aromatic rings. The molecule has 7 nitrogen and oxygen atoms in total. The van der Waals surface area contributed by atoms with Gasteiger partial charge in [-0.15, -0.1) is 11.3 Å². The number of allylic oxidation sites excluding steroid dienone is 2. The third-order valence-corrected chi connectivity index (χ3v) is 6.91. The van der Waals surface area contributed by atoms with Crippen LogP contribution in [-0.4, -0.2) is 54.3 Å². The number of carbonyl (C=O) groups excluding carboxylic acids is 2. The smallest absolute Gasteiger partial charge is 0.233 e. The van der Waals surface area contributed by atoms with Gasteiger partial charge in [0.1, 0.15) is 0 Å². The number of nitrogens with one attached hydrogen (secondary N) is 2. The van der Waals surface area contributed by atoms with Crippen molar-refractivity contribution in [2.45, 2.75) is 26.2 Å². The molecule has 2 N–H and O–H groups in total. The maximum Gasteiger partial charge on any atom is 0.233 e. The monoisotopic (exact) mass is 401 g/mol. The van der Waals surface area contributed by atoms with Gasteiger partial charge in [0.2, 0.25) is 11.8 Å². The van der Waals surface area contributed by atoms with Gasteiger partial charge in [0.05, 0.1) is 16.8 Å². The van der Waals surface area contributed by atoms with E-state index in [1.54, 1.807) is 18.4 Å². The van der Waals surface area contributed by atoms with Crippen LogP contribution in [0.5, 0.6) is 0 Å². The summed E-state index contributed by atoms with van der Waals surface area (Å²) in [5, 5.41) is 7.64. The molecular formula is C20H27N5O2S. The molecular weight excluding hydrogens is 374 g/mol. The van der Waals surface area contributed by atoms with E-state index < -0.39 is 0 Å². The molecule has 0 aromatic carbocycles. The van der Waals surface area contributed by atoms with Crippen molar-refractivity contribution in [3.8, 4) is 0 Å². The summed E-state index contributed by atoms with van der Waals surface area (Å²) in [5.74, 6) is 1.16. The number of aryl methyl sites for hydroxylation is 1. The maximum atomic E-state index is 12.7. The van der Waals surface area contributed by atoms with Crippen LogP contribution in [0.25, 0.3) is 0 Å². The lowest BCUT2D eigenvalue weighted by Gasteiger charge is -2.18. The number of guanidine groups is 1. The van der Waals surface area contributed by atoms with Crippen molar-refractivity contribution in [1.29, 1.82) is 0 Å². The first-order valence-electron chi connectivity index (χ1n) is 9.98. The van der Waals surface area contributed by atoms with Crippen molar-refractivity contribution in [2.75, 3.05) is 26.7 Å². The van der Waals surface area contributed by atoms with E-state index in [0.29, 0.717) is 19.5 Å². The van der Waals surface area contributed by atoms with Crippen molar-refractivity contribution >= 4 is 29.1 Å². The second-order valence-electron chi connectivity index (χ2n) is 7.72. The van der Waals surface area contributed by atoms with Crippen LogP contribution in [0.3, 0.4) is 0 Å².